The molecule has 1 unspecified atom stereocenters. The van der Waals surface area contributed by atoms with Crippen molar-refractivity contribution in [2.24, 2.45) is 65.1 Å². The van der Waals surface area contributed by atoms with Crippen molar-refractivity contribution in [1.82, 2.24) is 0 Å². The van der Waals surface area contributed by atoms with Crippen LogP contribution < -0.4 is 0 Å². The lowest BCUT2D eigenvalue weighted by Crippen LogP contribution is -2.00. The Morgan fingerprint density at radius 1 is 0.382 bits per heavy atom. The van der Waals surface area contributed by atoms with Crippen LogP contribution in [0.25, 0.3) is 0 Å². The molecule has 0 fully saturated rings. The minimum absolute atomic E-state index is 0.766. The van der Waals surface area contributed by atoms with Crippen LogP contribution in [0.4, 0.5) is 0 Å². The van der Waals surface area contributed by atoms with Gasteiger partial charge < -0.3 is 0 Å². The Kier molecular flexibility index (Phi) is 75.2. The first-order valence-electron chi connectivity index (χ1n) is 24.2. The van der Waals surface area contributed by atoms with E-state index in [1.54, 1.807) is 0 Å². The highest BCUT2D eigenvalue weighted by Crippen LogP contribution is 2.12. The van der Waals surface area contributed by atoms with Gasteiger partial charge in [-0.1, -0.05) is 276 Å². The highest BCUT2D eigenvalue weighted by molar-refractivity contribution is 5.14. The van der Waals surface area contributed by atoms with Crippen molar-refractivity contribution in [2.75, 3.05) is 0 Å². The second kappa shape index (κ2) is 57.5. The SMILES string of the molecule is CC(C)C.CC(C)C(C)C.CC(C)CC(C)C.CC(C)Cc1ccccc1.CCC.CCC(C)C.CCC(C)C(C)C.CCCC(C)C.CCCCC(C)C. The van der Waals surface area contributed by atoms with Gasteiger partial charge in [-0.15, -0.1) is 0 Å². The lowest BCUT2D eigenvalue weighted by Gasteiger charge is -2.10. The third kappa shape index (κ3) is 119. The molecule has 0 saturated heterocycles. The Hall–Kier alpha value is -0.780. The van der Waals surface area contributed by atoms with Crippen LogP contribution >= 0.6 is 0 Å². The molecular formula is C55H120. The molecule has 340 valence electrons. The van der Waals surface area contributed by atoms with E-state index < -0.39 is 0 Å². The average Bonchev–Trinajstić information content (AvgIpc) is 3.04. The van der Waals surface area contributed by atoms with Crippen LogP contribution in [0.15, 0.2) is 30.3 Å². The van der Waals surface area contributed by atoms with Crippen molar-refractivity contribution in [3.8, 4) is 0 Å². The number of hydrogen-bond acceptors (Lipinski definition) is 0. The minimum atomic E-state index is 0.766. The minimum Gasteiger partial charge on any atom is -0.0656 e. The van der Waals surface area contributed by atoms with Crippen molar-refractivity contribution in [3.05, 3.63) is 35.9 Å². The van der Waals surface area contributed by atoms with Gasteiger partial charge in [0.05, 0.1) is 0 Å². The second-order valence-corrected chi connectivity index (χ2v) is 20.2. The first-order chi connectivity index (χ1) is 25.2. The fraction of sp³-hybridized carbons (Fsp3) is 0.891. The molecule has 0 nitrogen and oxygen atoms in total. The third-order valence-corrected chi connectivity index (χ3v) is 8.36. The molecule has 1 rings (SSSR count). The largest absolute Gasteiger partial charge is 0.0656 e. The van der Waals surface area contributed by atoms with Gasteiger partial charge in [0.25, 0.3) is 0 Å². The van der Waals surface area contributed by atoms with E-state index in [2.05, 4.69) is 224 Å². The smallest absolute Gasteiger partial charge is 0.0256 e. The van der Waals surface area contributed by atoms with Crippen LogP contribution in [-0.4, -0.2) is 0 Å². The monoisotopic (exact) mass is 781 g/mol. The lowest BCUT2D eigenvalue weighted by molar-refractivity contribution is 0.407. The molecule has 0 aliphatic carbocycles. The molecule has 1 aromatic rings. The predicted molar refractivity (Wildman–Crippen MR) is 269 cm³/mol. The molecular weight excluding hydrogens is 661 g/mol. The second-order valence-electron chi connectivity index (χ2n) is 20.2. The summed E-state index contributed by atoms with van der Waals surface area (Å²) < 4.78 is 0. The normalized spacial score (nSPS) is 10.7. The number of hydrogen-bond donors (Lipinski definition) is 0. The Labute approximate surface area is 357 Å². The first-order valence-corrected chi connectivity index (χ1v) is 24.2. The highest BCUT2D eigenvalue weighted by Gasteiger charge is 2.01. The van der Waals surface area contributed by atoms with Gasteiger partial charge in [0, 0.05) is 0 Å². The summed E-state index contributed by atoms with van der Waals surface area (Å²) in [6.45, 7) is 62.5. The molecule has 0 N–H and O–H groups in total. The number of rotatable bonds is 13. The van der Waals surface area contributed by atoms with Crippen molar-refractivity contribution in [2.45, 2.75) is 258 Å². The molecule has 0 aliphatic heterocycles. The Balaban J connectivity index is -0.0000000767. The van der Waals surface area contributed by atoms with Gasteiger partial charge in [0.15, 0.2) is 0 Å². The van der Waals surface area contributed by atoms with Crippen LogP contribution in [0.1, 0.15) is 257 Å². The number of benzene rings is 1. The summed E-state index contributed by atoms with van der Waals surface area (Å²) >= 11 is 0. The van der Waals surface area contributed by atoms with Crippen molar-refractivity contribution in [1.29, 1.82) is 0 Å². The van der Waals surface area contributed by atoms with Gasteiger partial charge in [-0.25, -0.2) is 0 Å². The van der Waals surface area contributed by atoms with Crippen LogP contribution in [0.3, 0.4) is 0 Å². The molecule has 0 radical (unpaired) electrons. The zero-order valence-electron chi connectivity index (χ0n) is 44.8. The Morgan fingerprint density at radius 2 is 0.727 bits per heavy atom. The fourth-order valence-electron chi connectivity index (χ4n) is 3.69. The molecule has 0 aromatic heterocycles. The van der Waals surface area contributed by atoms with Gasteiger partial charge >= 0.3 is 0 Å². The summed E-state index contributed by atoms with van der Waals surface area (Å²) in [5, 5.41) is 0. The van der Waals surface area contributed by atoms with Gasteiger partial charge in [-0.3, -0.25) is 0 Å². The Bertz CT molecular complexity index is 671. The van der Waals surface area contributed by atoms with Crippen LogP contribution in [0.5, 0.6) is 0 Å². The van der Waals surface area contributed by atoms with E-state index in [1.165, 1.54) is 69.8 Å². The standard InChI is InChI=1S/C10H14.3C7H16.2C6H14.C5H12.C4H10.C3H8/c1-9(2)8-10-6-4-3-5-7-10;1-6(2)5-7(3)4;1-5-7(4)6(2)3;1-4-5-6-7(2)3;1-5(2)6(3)4;1-4-5-6(2)3;1-4-5(2)3;1-4(2)3;1-3-2/h3-7,9H,8H2,1-2H3;2*6-7H,5H2,1-4H3;7H,4-6H2,1-3H3;5-6H,1-4H3;6H,4-5H2,1-3H3;5H,4H2,1-3H3;4H,1-3H3;3H2,1-2H3. The first kappa shape index (κ1) is 71.9. The van der Waals surface area contributed by atoms with Gasteiger partial charge in [0.1, 0.15) is 0 Å². The molecule has 0 heterocycles. The molecule has 0 bridgehead atoms. The topological polar surface area (TPSA) is 0 Å². The van der Waals surface area contributed by atoms with E-state index in [4.69, 9.17) is 0 Å². The molecule has 0 aliphatic rings. The van der Waals surface area contributed by atoms with Crippen molar-refractivity contribution >= 4 is 0 Å². The number of unbranched alkanes of at least 4 members (excludes halogenated alkanes) is 1. The third-order valence-electron chi connectivity index (χ3n) is 8.36. The summed E-state index contributed by atoms with van der Waals surface area (Å²) in [4.78, 5) is 0. The maximum Gasteiger partial charge on any atom is -0.0256 e. The maximum absolute atomic E-state index is 2.30. The van der Waals surface area contributed by atoms with E-state index in [0.29, 0.717) is 0 Å². The maximum atomic E-state index is 2.30. The van der Waals surface area contributed by atoms with E-state index in [9.17, 15) is 0 Å². The van der Waals surface area contributed by atoms with Gasteiger partial charge in [-0.2, -0.15) is 0 Å². The average molecular weight is 782 g/mol. The fourth-order valence-corrected chi connectivity index (χ4v) is 3.69. The molecule has 55 heavy (non-hydrogen) atoms. The Morgan fingerprint density at radius 3 is 0.836 bits per heavy atom. The molecule has 0 heteroatoms. The molecule has 1 aromatic carbocycles. The van der Waals surface area contributed by atoms with Crippen LogP contribution in [0.2, 0.25) is 0 Å². The van der Waals surface area contributed by atoms with Crippen molar-refractivity contribution in [3.63, 3.8) is 0 Å². The van der Waals surface area contributed by atoms with Crippen LogP contribution in [0, 0.1) is 65.1 Å². The zero-order chi connectivity index (χ0) is 45.5. The summed E-state index contributed by atoms with van der Waals surface area (Å²) in [5.74, 6) is 9.51. The lowest BCUT2D eigenvalue weighted by atomic mass is 9.96. The summed E-state index contributed by atoms with van der Waals surface area (Å²) in [6.07, 6.45) is 13.3. The molecule has 0 spiro atoms. The molecule has 1 atom stereocenters. The summed E-state index contributed by atoms with van der Waals surface area (Å²) in [6, 6.07) is 10.6. The molecule has 0 amide bonds. The molecule has 0 saturated carbocycles. The quantitative estimate of drug-likeness (QED) is 0.187. The summed E-state index contributed by atoms with van der Waals surface area (Å²) in [5.41, 5.74) is 1.44. The van der Waals surface area contributed by atoms with E-state index >= 15 is 0 Å². The van der Waals surface area contributed by atoms with Crippen molar-refractivity contribution < 1.29 is 0 Å². The zero-order valence-corrected chi connectivity index (χ0v) is 44.8. The predicted octanol–water partition coefficient (Wildman–Crippen LogP) is 21.0. The van der Waals surface area contributed by atoms with Gasteiger partial charge in [-0.05, 0) is 83.5 Å². The van der Waals surface area contributed by atoms with E-state index in [0.717, 1.165) is 65.1 Å². The highest BCUT2D eigenvalue weighted by atomic mass is 14.1. The van der Waals surface area contributed by atoms with E-state index in [1.807, 2.05) is 0 Å². The summed E-state index contributed by atoms with van der Waals surface area (Å²) in [7, 11) is 0. The van der Waals surface area contributed by atoms with Gasteiger partial charge in [0.2, 0.25) is 0 Å². The van der Waals surface area contributed by atoms with E-state index in [-0.39, 0.29) is 0 Å². The van der Waals surface area contributed by atoms with Crippen LogP contribution in [-0.2, 0) is 6.42 Å².